The first-order valence-corrected chi connectivity index (χ1v) is 8.98. The smallest absolute Gasteiger partial charge is 0.277 e. The van der Waals surface area contributed by atoms with Gasteiger partial charge in [0.25, 0.3) is 5.22 Å². The van der Waals surface area contributed by atoms with Gasteiger partial charge in [-0.25, -0.2) is 4.39 Å². The molecule has 0 N–H and O–H groups in total. The molecule has 1 aromatic carbocycles. The van der Waals surface area contributed by atoms with Crippen molar-refractivity contribution in [3.8, 4) is 17.2 Å². The Kier molecular flexibility index (Phi) is 6.02. The summed E-state index contributed by atoms with van der Waals surface area (Å²) in [6.45, 7) is 0.284. The summed E-state index contributed by atoms with van der Waals surface area (Å²) < 4.78 is 24.2. The van der Waals surface area contributed by atoms with E-state index in [1.54, 1.807) is 37.6 Å². The van der Waals surface area contributed by atoms with E-state index in [-0.39, 0.29) is 24.0 Å². The van der Waals surface area contributed by atoms with Gasteiger partial charge in [-0.2, -0.15) is 0 Å². The van der Waals surface area contributed by atoms with Crippen LogP contribution in [0.1, 0.15) is 5.56 Å². The van der Waals surface area contributed by atoms with E-state index in [9.17, 15) is 9.18 Å². The molecule has 7 nitrogen and oxygen atoms in total. The number of aromatic nitrogens is 3. The summed E-state index contributed by atoms with van der Waals surface area (Å²) in [5.41, 5.74) is 1.43. The molecule has 3 rings (SSSR count). The maximum absolute atomic E-state index is 13.7. The van der Waals surface area contributed by atoms with Crippen LogP contribution in [0.15, 0.2) is 52.4 Å². The second-order valence-corrected chi connectivity index (χ2v) is 6.54. The van der Waals surface area contributed by atoms with Gasteiger partial charge in [0.15, 0.2) is 11.6 Å². The van der Waals surface area contributed by atoms with Crippen LogP contribution in [0.4, 0.5) is 4.39 Å². The van der Waals surface area contributed by atoms with Crippen molar-refractivity contribution < 1.29 is 18.3 Å². The molecule has 0 spiro atoms. The largest absolute Gasteiger partial charge is 0.494 e. The van der Waals surface area contributed by atoms with E-state index in [0.29, 0.717) is 16.7 Å². The summed E-state index contributed by atoms with van der Waals surface area (Å²) in [5.74, 6) is 0.0753. The number of ether oxygens (including phenoxy) is 1. The molecule has 0 atom stereocenters. The first-order valence-electron chi connectivity index (χ1n) is 8.00. The van der Waals surface area contributed by atoms with Gasteiger partial charge in [-0.1, -0.05) is 17.8 Å². The number of pyridine rings is 1. The van der Waals surface area contributed by atoms with E-state index in [1.165, 1.54) is 24.1 Å². The van der Waals surface area contributed by atoms with Crippen molar-refractivity contribution in [2.45, 2.75) is 11.8 Å². The number of carbonyl (C=O) groups is 1. The van der Waals surface area contributed by atoms with Gasteiger partial charge in [-0.3, -0.25) is 9.78 Å². The SMILES string of the molecule is COc1ccc(CN(C)C(=O)CSc2nnc(-c3ccncc3)o2)cc1F. The Morgan fingerprint density at radius 3 is 2.74 bits per heavy atom. The average Bonchev–Trinajstić information content (AvgIpc) is 3.16. The molecule has 0 fully saturated rings. The quantitative estimate of drug-likeness (QED) is 0.576. The molecule has 0 radical (unpaired) electrons. The molecule has 0 aliphatic carbocycles. The maximum atomic E-state index is 13.7. The zero-order valence-electron chi connectivity index (χ0n) is 14.8. The van der Waals surface area contributed by atoms with E-state index in [0.717, 1.165) is 17.3 Å². The number of methoxy groups -OCH3 is 1. The van der Waals surface area contributed by atoms with Crippen LogP contribution in [0.3, 0.4) is 0 Å². The van der Waals surface area contributed by atoms with Gasteiger partial charge in [0.05, 0.1) is 12.9 Å². The molecular weight excluding hydrogens is 371 g/mol. The van der Waals surface area contributed by atoms with Crippen molar-refractivity contribution in [2.75, 3.05) is 19.9 Å². The fourth-order valence-electron chi connectivity index (χ4n) is 2.28. The Bertz CT molecular complexity index is 920. The van der Waals surface area contributed by atoms with Gasteiger partial charge in [0.2, 0.25) is 11.8 Å². The van der Waals surface area contributed by atoms with Crippen LogP contribution < -0.4 is 4.74 Å². The zero-order valence-corrected chi connectivity index (χ0v) is 15.6. The molecule has 27 heavy (non-hydrogen) atoms. The molecular formula is C18H17FN4O3S. The molecule has 0 saturated heterocycles. The van der Waals surface area contributed by atoms with Crippen LogP contribution >= 0.6 is 11.8 Å². The number of hydrogen-bond acceptors (Lipinski definition) is 7. The third-order valence-corrected chi connectivity index (χ3v) is 4.52. The normalized spacial score (nSPS) is 10.6. The third-order valence-electron chi connectivity index (χ3n) is 3.71. The number of carbonyl (C=O) groups excluding carboxylic acids is 1. The highest BCUT2D eigenvalue weighted by atomic mass is 32.2. The number of nitrogens with zero attached hydrogens (tertiary/aromatic N) is 4. The monoisotopic (exact) mass is 388 g/mol. The Morgan fingerprint density at radius 2 is 2.04 bits per heavy atom. The lowest BCUT2D eigenvalue weighted by Gasteiger charge is -2.17. The molecule has 2 heterocycles. The molecule has 0 aliphatic heterocycles. The van der Waals surface area contributed by atoms with Crippen LogP contribution in [-0.2, 0) is 11.3 Å². The summed E-state index contributed by atoms with van der Waals surface area (Å²) in [4.78, 5) is 17.7. The van der Waals surface area contributed by atoms with Gasteiger partial charge >= 0.3 is 0 Å². The first kappa shape index (κ1) is 18.8. The van der Waals surface area contributed by atoms with Gasteiger partial charge in [0, 0.05) is 31.5 Å². The van der Waals surface area contributed by atoms with E-state index < -0.39 is 5.82 Å². The maximum Gasteiger partial charge on any atom is 0.277 e. The van der Waals surface area contributed by atoms with Gasteiger partial charge in [-0.15, -0.1) is 10.2 Å². The Hall–Kier alpha value is -2.94. The van der Waals surface area contributed by atoms with Crippen molar-refractivity contribution in [3.05, 3.63) is 54.1 Å². The summed E-state index contributed by atoms with van der Waals surface area (Å²) >= 11 is 1.15. The molecule has 140 valence electrons. The summed E-state index contributed by atoms with van der Waals surface area (Å²) in [5, 5.41) is 8.19. The Morgan fingerprint density at radius 1 is 1.26 bits per heavy atom. The fraction of sp³-hybridized carbons (Fsp3) is 0.222. The second-order valence-electron chi connectivity index (χ2n) is 5.62. The van der Waals surface area contributed by atoms with Crippen molar-refractivity contribution in [1.82, 2.24) is 20.1 Å². The minimum absolute atomic E-state index is 0.132. The zero-order chi connectivity index (χ0) is 19.2. The Labute approximate surface area is 159 Å². The number of halogens is 1. The number of hydrogen-bond donors (Lipinski definition) is 0. The minimum Gasteiger partial charge on any atom is -0.494 e. The molecule has 0 aliphatic rings. The lowest BCUT2D eigenvalue weighted by atomic mass is 10.2. The first-order chi connectivity index (χ1) is 13.1. The molecule has 3 aromatic rings. The van der Waals surface area contributed by atoms with E-state index in [1.807, 2.05) is 0 Å². The average molecular weight is 388 g/mol. The number of benzene rings is 1. The number of thioether (sulfide) groups is 1. The topological polar surface area (TPSA) is 81.4 Å². The van der Waals surface area contributed by atoms with Gasteiger partial charge < -0.3 is 14.1 Å². The van der Waals surface area contributed by atoms with E-state index in [2.05, 4.69) is 15.2 Å². The van der Waals surface area contributed by atoms with E-state index in [4.69, 9.17) is 9.15 Å². The number of amides is 1. The lowest BCUT2D eigenvalue weighted by Crippen LogP contribution is -2.27. The number of rotatable bonds is 7. The highest BCUT2D eigenvalue weighted by Gasteiger charge is 2.15. The molecule has 9 heteroatoms. The second kappa shape index (κ2) is 8.63. The van der Waals surface area contributed by atoms with Crippen LogP contribution in [0.5, 0.6) is 5.75 Å². The predicted octanol–water partition coefficient (Wildman–Crippen LogP) is 3.03. The van der Waals surface area contributed by atoms with Crippen LogP contribution in [0.25, 0.3) is 11.5 Å². The third kappa shape index (κ3) is 4.82. The van der Waals surface area contributed by atoms with Crippen LogP contribution in [0, 0.1) is 5.82 Å². The lowest BCUT2D eigenvalue weighted by molar-refractivity contribution is -0.127. The Balaban J connectivity index is 1.54. The highest BCUT2D eigenvalue weighted by molar-refractivity contribution is 7.99. The van der Waals surface area contributed by atoms with Crippen LogP contribution in [-0.4, -0.2) is 45.9 Å². The molecule has 1 amide bonds. The van der Waals surface area contributed by atoms with Crippen molar-refractivity contribution >= 4 is 17.7 Å². The predicted molar refractivity (Wildman–Crippen MR) is 97.7 cm³/mol. The van der Waals surface area contributed by atoms with Crippen molar-refractivity contribution in [3.63, 3.8) is 0 Å². The van der Waals surface area contributed by atoms with E-state index >= 15 is 0 Å². The minimum atomic E-state index is -0.459. The highest BCUT2D eigenvalue weighted by Crippen LogP contribution is 2.23. The van der Waals surface area contributed by atoms with Crippen LogP contribution in [0.2, 0.25) is 0 Å². The van der Waals surface area contributed by atoms with Crippen molar-refractivity contribution in [2.24, 2.45) is 0 Å². The molecule has 0 bridgehead atoms. The summed E-state index contributed by atoms with van der Waals surface area (Å²) in [7, 11) is 3.06. The summed E-state index contributed by atoms with van der Waals surface area (Å²) in [6.07, 6.45) is 3.26. The molecule has 0 saturated carbocycles. The fourth-order valence-corrected chi connectivity index (χ4v) is 2.99. The van der Waals surface area contributed by atoms with Gasteiger partial charge in [0.1, 0.15) is 0 Å². The standard InChI is InChI=1S/C18H17FN4O3S/c1-23(10-12-3-4-15(25-2)14(19)9-12)16(24)11-27-18-22-21-17(26-18)13-5-7-20-8-6-13/h3-9H,10-11H2,1-2H3. The van der Waals surface area contributed by atoms with Gasteiger partial charge in [-0.05, 0) is 29.8 Å². The summed E-state index contributed by atoms with van der Waals surface area (Å²) in [6, 6.07) is 8.13. The molecule has 2 aromatic heterocycles. The van der Waals surface area contributed by atoms with Crippen molar-refractivity contribution in [1.29, 1.82) is 0 Å². The molecule has 0 unspecified atom stereocenters.